The average Bonchev–Trinajstić information content (AvgIpc) is 3.41. The minimum absolute atomic E-state index is 0.0568. The molecular weight excluding hydrogens is 444 g/mol. The highest BCUT2D eigenvalue weighted by Gasteiger charge is 2.22. The molecule has 8 heteroatoms. The monoisotopic (exact) mass is 470 g/mol. The summed E-state index contributed by atoms with van der Waals surface area (Å²) in [5.41, 5.74) is 4.40. The lowest BCUT2D eigenvalue weighted by Gasteiger charge is -2.14. The standard InChI is InChI=1S/C24H27ClN4O2S/c1-16(23(30)26-19-12-11-17-7-5-8-18(17)15-19)32-24-28-27-22(29(24)13-6-14-31-2)20-9-3-4-10-21(20)25/h3-4,9-12,15-16H,5-8,13-14H2,1-2H3,(H,26,30). The number of carbonyl (C=O) groups is 1. The molecule has 2 aromatic carbocycles. The first-order valence-corrected chi connectivity index (χ1v) is 12.1. The number of ether oxygens (including phenoxy) is 1. The summed E-state index contributed by atoms with van der Waals surface area (Å²) in [5, 5.41) is 12.8. The van der Waals surface area contributed by atoms with Gasteiger partial charge in [-0.3, -0.25) is 4.79 Å². The molecule has 168 valence electrons. The number of methoxy groups -OCH3 is 1. The van der Waals surface area contributed by atoms with Gasteiger partial charge in [0, 0.05) is 31.5 Å². The maximum atomic E-state index is 12.9. The number of benzene rings is 2. The van der Waals surface area contributed by atoms with E-state index in [1.807, 2.05) is 41.8 Å². The summed E-state index contributed by atoms with van der Waals surface area (Å²) in [4.78, 5) is 12.9. The van der Waals surface area contributed by atoms with Gasteiger partial charge in [-0.15, -0.1) is 10.2 Å². The molecule has 0 spiro atoms. The van der Waals surface area contributed by atoms with Crippen LogP contribution in [0.2, 0.25) is 5.02 Å². The fourth-order valence-electron chi connectivity index (χ4n) is 3.89. The number of thioether (sulfide) groups is 1. The van der Waals surface area contributed by atoms with E-state index in [1.165, 1.54) is 29.3 Å². The van der Waals surface area contributed by atoms with Crippen LogP contribution in [0.3, 0.4) is 0 Å². The molecular formula is C24H27ClN4O2S. The van der Waals surface area contributed by atoms with Gasteiger partial charge in [-0.05, 0) is 68.0 Å². The Morgan fingerprint density at radius 3 is 2.84 bits per heavy atom. The summed E-state index contributed by atoms with van der Waals surface area (Å²) in [6.07, 6.45) is 4.20. The molecule has 0 saturated carbocycles. The second-order valence-electron chi connectivity index (χ2n) is 7.87. The van der Waals surface area contributed by atoms with Crippen molar-refractivity contribution >= 4 is 35.0 Å². The number of anilines is 1. The molecule has 1 heterocycles. The van der Waals surface area contributed by atoms with Crippen molar-refractivity contribution in [2.45, 2.75) is 49.6 Å². The van der Waals surface area contributed by atoms with E-state index in [0.717, 1.165) is 30.5 Å². The first-order valence-electron chi connectivity index (χ1n) is 10.8. The van der Waals surface area contributed by atoms with Gasteiger partial charge in [-0.1, -0.05) is 41.6 Å². The zero-order chi connectivity index (χ0) is 22.5. The molecule has 1 aliphatic carbocycles. The molecule has 0 radical (unpaired) electrons. The van der Waals surface area contributed by atoms with Crippen molar-refractivity contribution < 1.29 is 9.53 Å². The first kappa shape index (κ1) is 22.8. The van der Waals surface area contributed by atoms with E-state index in [4.69, 9.17) is 16.3 Å². The topological polar surface area (TPSA) is 69.0 Å². The molecule has 1 aliphatic rings. The SMILES string of the molecule is COCCCn1c(SC(C)C(=O)Nc2ccc3c(c2)CCC3)nnc1-c1ccccc1Cl. The lowest BCUT2D eigenvalue weighted by Crippen LogP contribution is -2.23. The zero-order valence-corrected chi connectivity index (χ0v) is 19.9. The van der Waals surface area contributed by atoms with Crippen LogP contribution in [0.15, 0.2) is 47.6 Å². The van der Waals surface area contributed by atoms with Crippen molar-refractivity contribution in [1.82, 2.24) is 14.8 Å². The third-order valence-corrected chi connectivity index (χ3v) is 6.99. The van der Waals surface area contributed by atoms with E-state index < -0.39 is 0 Å². The van der Waals surface area contributed by atoms with E-state index in [1.54, 1.807) is 7.11 Å². The number of aryl methyl sites for hydroxylation is 2. The maximum Gasteiger partial charge on any atom is 0.237 e. The van der Waals surface area contributed by atoms with Crippen LogP contribution in [-0.4, -0.2) is 39.6 Å². The summed E-state index contributed by atoms with van der Waals surface area (Å²) in [6, 6.07) is 13.8. The molecule has 6 nitrogen and oxygen atoms in total. The quantitative estimate of drug-likeness (QED) is 0.342. The van der Waals surface area contributed by atoms with Crippen molar-refractivity contribution in [3.8, 4) is 11.4 Å². The van der Waals surface area contributed by atoms with Gasteiger partial charge in [0.15, 0.2) is 11.0 Å². The Labute approximate surface area is 197 Å². The van der Waals surface area contributed by atoms with E-state index in [9.17, 15) is 4.79 Å². The fraction of sp³-hybridized carbons (Fsp3) is 0.375. The molecule has 1 amide bonds. The normalized spacial score (nSPS) is 13.7. The van der Waals surface area contributed by atoms with Crippen LogP contribution in [0.4, 0.5) is 5.69 Å². The predicted octanol–water partition coefficient (Wildman–Crippen LogP) is 5.24. The van der Waals surface area contributed by atoms with Crippen LogP contribution >= 0.6 is 23.4 Å². The molecule has 4 rings (SSSR count). The highest BCUT2D eigenvalue weighted by molar-refractivity contribution is 8.00. The predicted molar refractivity (Wildman–Crippen MR) is 129 cm³/mol. The number of amides is 1. The zero-order valence-electron chi connectivity index (χ0n) is 18.3. The smallest absolute Gasteiger partial charge is 0.237 e. The van der Waals surface area contributed by atoms with E-state index in [0.29, 0.717) is 29.2 Å². The molecule has 1 N–H and O–H groups in total. The number of carbonyl (C=O) groups excluding carboxylic acids is 1. The molecule has 0 aliphatic heterocycles. The van der Waals surface area contributed by atoms with Crippen LogP contribution in [0.5, 0.6) is 0 Å². The van der Waals surface area contributed by atoms with Crippen LogP contribution < -0.4 is 5.32 Å². The van der Waals surface area contributed by atoms with Crippen molar-refractivity contribution in [1.29, 1.82) is 0 Å². The Balaban J connectivity index is 1.51. The Hall–Kier alpha value is -2.35. The van der Waals surface area contributed by atoms with Gasteiger partial charge in [0.1, 0.15) is 0 Å². The third kappa shape index (κ3) is 5.17. The lowest BCUT2D eigenvalue weighted by molar-refractivity contribution is -0.115. The number of fused-ring (bicyclic) bond motifs is 1. The van der Waals surface area contributed by atoms with Crippen molar-refractivity contribution in [2.24, 2.45) is 0 Å². The van der Waals surface area contributed by atoms with Gasteiger partial charge in [-0.25, -0.2) is 0 Å². The van der Waals surface area contributed by atoms with Crippen LogP contribution in [0.1, 0.15) is 30.9 Å². The number of aromatic nitrogens is 3. The van der Waals surface area contributed by atoms with Gasteiger partial charge in [0.25, 0.3) is 0 Å². The molecule has 0 fully saturated rings. The highest BCUT2D eigenvalue weighted by Crippen LogP contribution is 2.31. The van der Waals surface area contributed by atoms with Crippen LogP contribution in [0.25, 0.3) is 11.4 Å². The Morgan fingerprint density at radius 2 is 2.03 bits per heavy atom. The maximum absolute atomic E-state index is 12.9. The van der Waals surface area contributed by atoms with Gasteiger partial charge in [-0.2, -0.15) is 0 Å². The van der Waals surface area contributed by atoms with E-state index in [-0.39, 0.29) is 11.2 Å². The molecule has 32 heavy (non-hydrogen) atoms. The van der Waals surface area contributed by atoms with Crippen LogP contribution in [0, 0.1) is 0 Å². The molecule has 1 atom stereocenters. The van der Waals surface area contributed by atoms with Crippen molar-refractivity contribution in [2.75, 3.05) is 19.0 Å². The lowest BCUT2D eigenvalue weighted by atomic mass is 10.1. The molecule has 0 saturated heterocycles. The fourth-order valence-corrected chi connectivity index (χ4v) is 4.99. The number of halogens is 1. The van der Waals surface area contributed by atoms with E-state index in [2.05, 4.69) is 27.6 Å². The highest BCUT2D eigenvalue weighted by atomic mass is 35.5. The molecule has 0 bridgehead atoms. The van der Waals surface area contributed by atoms with Gasteiger partial charge >= 0.3 is 0 Å². The molecule has 1 unspecified atom stereocenters. The second kappa shape index (κ2) is 10.5. The first-order chi connectivity index (χ1) is 15.6. The molecule has 3 aromatic rings. The van der Waals surface area contributed by atoms with Crippen molar-refractivity contribution in [3.05, 3.63) is 58.6 Å². The largest absolute Gasteiger partial charge is 0.385 e. The summed E-state index contributed by atoms with van der Waals surface area (Å²) in [7, 11) is 1.68. The second-order valence-corrected chi connectivity index (χ2v) is 9.59. The number of nitrogens with zero attached hydrogens (tertiary/aromatic N) is 3. The van der Waals surface area contributed by atoms with Gasteiger partial charge in [0.2, 0.25) is 5.91 Å². The van der Waals surface area contributed by atoms with Crippen molar-refractivity contribution in [3.63, 3.8) is 0 Å². The summed E-state index contributed by atoms with van der Waals surface area (Å²) in [6.45, 7) is 3.18. The van der Waals surface area contributed by atoms with Gasteiger partial charge < -0.3 is 14.6 Å². The van der Waals surface area contributed by atoms with Gasteiger partial charge in [0.05, 0.1) is 10.3 Å². The minimum atomic E-state index is -0.340. The summed E-state index contributed by atoms with van der Waals surface area (Å²) < 4.78 is 7.23. The Kier molecular flexibility index (Phi) is 7.50. The Morgan fingerprint density at radius 1 is 1.22 bits per heavy atom. The average molecular weight is 471 g/mol. The van der Waals surface area contributed by atoms with E-state index >= 15 is 0 Å². The third-order valence-electron chi connectivity index (χ3n) is 5.58. The minimum Gasteiger partial charge on any atom is -0.385 e. The number of nitrogens with one attached hydrogen (secondary N) is 1. The van der Waals surface area contributed by atoms with Crippen LogP contribution in [-0.2, 0) is 28.9 Å². The molecule has 1 aromatic heterocycles. The Bertz CT molecular complexity index is 1100. The number of hydrogen-bond donors (Lipinski definition) is 1. The summed E-state index contributed by atoms with van der Waals surface area (Å²) in [5.74, 6) is 0.638. The number of rotatable bonds is 9. The summed E-state index contributed by atoms with van der Waals surface area (Å²) >= 11 is 7.81. The number of hydrogen-bond acceptors (Lipinski definition) is 5.